The molecule has 1 aliphatic carbocycles. The van der Waals surface area contributed by atoms with Gasteiger partial charge in [0, 0.05) is 37.3 Å². The lowest BCUT2D eigenvalue weighted by Gasteiger charge is -2.48. The molecule has 2 heterocycles. The van der Waals surface area contributed by atoms with Crippen LogP contribution < -0.4 is 0 Å². The monoisotopic (exact) mass is 305 g/mol. The molecule has 0 aromatic carbocycles. The average molecular weight is 305 g/mol. The highest BCUT2D eigenvalue weighted by atomic mass is 16.3. The van der Waals surface area contributed by atoms with Gasteiger partial charge in [-0.05, 0) is 26.2 Å². The maximum absolute atomic E-state index is 10.6. The van der Waals surface area contributed by atoms with E-state index in [1.165, 1.54) is 37.8 Å². The Morgan fingerprint density at radius 2 is 1.95 bits per heavy atom. The Morgan fingerprint density at radius 1 is 1.23 bits per heavy atom. The predicted octanol–water partition coefficient (Wildman–Crippen LogP) is 3.37. The molecular weight excluding hydrogens is 274 g/mol. The number of piperidine rings is 1. The maximum atomic E-state index is 10.6. The summed E-state index contributed by atoms with van der Waals surface area (Å²) < 4.78 is 2.42. The molecule has 0 radical (unpaired) electrons. The first kappa shape index (κ1) is 16.0. The maximum Gasteiger partial charge on any atom is 0.0951 e. The molecule has 4 nitrogen and oxygen atoms in total. The number of likely N-dealkylation sites (tertiary alicyclic amines) is 1. The van der Waals surface area contributed by atoms with E-state index in [4.69, 9.17) is 0 Å². The van der Waals surface area contributed by atoms with Crippen LogP contribution in [-0.4, -0.2) is 38.2 Å². The van der Waals surface area contributed by atoms with Crippen LogP contribution in [-0.2, 0) is 6.54 Å². The van der Waals surface area contributed by atoms with Gasteiger partial charge in [0.1, 0.15) is 0 Å². The molecule has 1 atom stereocenters. The summed E-state index contributed by atoms with van der Waals surface area (Å²) >= 11 is 0. The molecule has 0 spiro atoms. The molecule has 4 heteroatoms. The van der Waals surface area contributed by atoms with Crippen molar-refractivity contribution >= 4 is 0 Å². The molecule has 0 unspecified atom stereocenters. The third kappa shape index (κ3) is 3.09. The molecule has 1 N–H and O–H groups in total. The Morgan fingerprint density at radius 3 is 2.64 bits per heavy atom. The SMILES string of the molecule is CC1(C)CN(Cc2cncn2C2CCCCC2)CC[C@]1(C)O. The molecule has 22 heavy (non-hydrogen) atoms. The summed E-state index contributed by atoms with van der Waals surface area (Å²) in [5.74, 6) is 0. The Labute approximate surface area is 134 Å². The number of hydrogen-bond donors (Lipinski definition) is 1. The first-order chi connectivity index (χ1) is 10.4. The quantitative estimate of drug-likeness (QED) is 0.931. The van der Waals surface area contributed by atoms with E-state index in [-0.39, 0.29) is 5.41 Å². The van der Waals surface area contributed by atoms with Crippen LogP contribution in [0.25, 0.3) is 0 Å². The molecule has 1 saturated carbocycles. The van der Waals surface area contributed by atoms with Gasteiger partial charge in [0.25, 0.3) is 0 Å². The van der Waals surface area contributed by atoms with Crippen LogP contribution in [0.4, 0.5) is 0 Å². The van der Waals surface area contributed by atoms with Gasteiger partial charge < -0.3 is 9.67 Å². The van der Waals surface area contributed by atoms with Gasteiger partial charge in [-0.25, -0.2) is 4.98 Å². The number of aliphatic hydroxyl groups is 1. The highest BCUT2D eigenvalue weighted by Crippen LogP contribution is 2.38. The Hall–Kier alpha value is -0.870. The molecule has 0 bridgehead atoms. The zero-order chi connectivity index (χ0) is 15.8. The standard InChI is InChI=1S/C18H31N3O/c1-17(2)13-20(10-9-18(17,3)22)12-16-11-19-14-21(16)15-7-5-4-6-8-15/h11,14-15,22H,4-10,12-13H2,1-3H3/t18-/m0/s1. The largest absolute Gasteiger partial charge is 0.390 e. The van der Waals surface area contributed by atoms with E-state index in [1.807, 2.05) is 19.4 Å². The Kier molecular flexibility index (Phi) is 4.34. The van der Waals surface area contributed by atoms with Crippen molar-refractivity contribution in [3.8, 4) is 0 Å². The van der Waals surface area contributed by atoms with E-state index < -0.39 is 5.60 Å². The van der Waals surface area contributed by atoms with Crippen molar-refractivity contribution < 1.29 is 5.11 Å². The van der Waals surface area contributed by atoms with Crippen LogP contribution in [0.15, 0.2) is 12.5 Å². The average Bonchev–Trinajstić information content (AvgIpc) is 2.92. The molecular formula is C18H31N3O. The molecule has 1 saturated heterocycles. The van der Waals surface area contributed by atoms with Crippen LogP contribution in [0.5, 0.6) is 0 Å². The summed E-state index contributed by atoms with van der Waals surface area (Å²) in [6, 6.07) is 0.646. The highest BCUT2D eigenvalue weighted by Gasteiger charge is 2.43. The molecule has 2 aliphatic rings. The Balaban J connectivity index is 1.68. The van der Waals surface area contributed by atoms with Gasteiger partial charge in [0.2, 0.25) is 0 Å². The van der Waals surface area contributed by atoms with Gasteiger partial charge in [-0.2, -0.15) is 0 Å². The number of hydrogen-bond acceptors (Lipinski definition) is 3. The number of imidazole rings is 1. The predicted molar refractivity (Wildman–Crippen MR) is 88.6 cm³/mol. The molecule has 1 aromatic heterocycles. The zero-order valence-electron chi connectivity index (χ0n) is 14.4. The van der Waals surface area contributed by atoms with E-state index in [0.29, 0.717) is 6.04 Å². The van der Waals surface area contributed by atoms with Crippen molar-refractivity contribution in [1.82, 2.24) is 14.5 Å². The van der Waals surface area contributed by atoms with Crippen molar-refractivity contribution in [3.05, 3.63) is 18.2 Å². The van der Waals surface area contributed by atoms with Crippen LogP contribution >= 0.6 is 0 Å². The van der Waals surface area contributed by atoms with Crippen LogP contribution in [0.3, 0.4) is 0 Å². The van der Waals surface area contributed by atoms with Crippen molar-refractivity contribution in [3.63, 3.8) is 0 Å². The Bertz CT molecular complexity index is 500. The fraction of sp³-hybridized carbons (Fsp3) is 0.833. The molecule has 2 fully saturated rings. The third-order valence-electron chi connectivity index (χ3n) is 6.09. The second kappa shape index (κ2) is 5.97. The fourth-order valence-corrected chi connectivity index (χ4v) is 4.03. The third-order valence-corrected chi connectivity index (χ3v) is 6.09. The second-order valence-electron chi connectivity index (χ2n) is 8.20. The van der Waals surface area contributed by atoms with Crippen molar-refractivity contribution in [2.75, 3.05) is 13.1 Å². The smallest absolute Gasteiger partial charge is 0.0951 e. The summed E-state index contributed by atoms with van der Waals surface area (Å²) in [6.45, 7) is 9.20. The van der Waals surface area contributed by atoms with Gasteiger partial charge >= 0.3 is 0 Å². The normalized spacial score (nSPS) is 30.5. The minimum Gasteiger partial charge on any atom is -0.390 e. The number of nitrogens with zero attached hydrogens (tertiary/aromatic N) is 3. The highest BCUT2D eigenvalue weighted by molar-refractivity contribution is 5.04. The van der Waals surface area contributed by atoms with Gasteiger partial charge in [0.15, 0.2) is 0 Å². The molecule has 124 valence electrons. The van der Waals surface area contributed by atoms with E-state index in [9.17, 15) is 5.11 Å². The summed E-state index contributed by atoms with van der Waals surface area (Å²) in [5.41, 5.74) is 0.706. The van der Waals surface area contributed by atoms with Crippen molar-refractivity contribution in [1.29, 1.82) is 0 Å². The topological polar surface area (TPSA) is 41.3 Å². The molecule has 1 aliphatic heterocycles. The van der Waals surface area contributed by atoms with Gasteiger partial charge in [-0.1, -0.05) is 33.1 Å². The fourth-order valence-electron chi connectivity index (χ4n) is 4.03. The van der Waals surface area contributed by atoms with Crippen LogP contribution in [0.2, 0.25) is 0 Å². The lowest BCUT2D eigenvalue weighted by atomic mass is 9.71. The van der Waals surface area contributed by atoms with Crippen molar-refractivity contribution in [2.24, 2.45) is 5.41 Å². The minimum atomic E-state index is -0.562. The minimum absolute atomic E-state index is 0.0685. The first-order valence-electron chi connectivity index (χ1n) is 8.84. The van der Waals surface area contributed by atoms with Gasteiger partial charge in [-0.15, -0.1) is 0 Å². The molecule has 3 rings (SSSR count). The lowest BCUT2D eigenvalue weighted by Crippen LogP contribution is -2.55. The van der Waals surface area contributed by atoms with Gasteiger partial charge in [0.05, 0.1) is 17.6 Å². The lowest BCUT2D eigenvalue weighted by molar-refractivity contribution is -0.107. The van der Waals surface area contributed by atoms with E-state index in [0.717, 1.165) is 26.1 Å². The zero-order valence-corrected chi connectivity index (χ0v) is 14.4. The van der Waals surface area contributed by atoms with Crippen LogP contribution in [0, 0.1) is 5.41 Å². The summed E-state index contributed by atoms with van der Waals surface area (Å²) in [4.78, 5) is 6.90. The summed E-state index contributed by atoms with van der Waals surface area (Å²) in [6.07, 6.45) is 11.6. The van der Waals surface area contributed by atoms with E-state index in [2.05, 4.69) is 28.3 Å². The van der Waals surface area contributed by atoms with Crippen LogP contribution in [0.1, 0.15) is 71.0 Å². The van der Waals surface area contributed by atoms with E-state index >= 15 is 0 Å². The second-order valence-corrected chi connectivity index (χ2v) is 8.20. The number of rotatable bonds is 3. The van der Waals surface area contributed by atoms with Crippen molar-refractivity contribution in [2.45, 2.75) is 77.5 Å². The first-order valence-corrected chi connectivity index (χ1v) is 8.84. The molecule has 0 amide bonds. The van der Waals surface area contributed by atoms with Gasteiger partial charge in [-0.3, -0.25) is 4.90 Å². The molecule has 1 aromatic rings. The summed E-state index contributed by atoms with van der Waals surface area (Å²) in [5, 5.41) is 10.6. The van der Waals surface area contributed by atoms with E-state index in [1.54, 1.807) is 0 Å². The number of aromatic nitrogens is 2. The summed E-state index contributed by atoms with van der Waals surface area (Å²) in [7, 11) is 0.